The highest BCUT2D eigenvalue weighted by molar-refractivity contribution is 6.02. The fraction of sp³-hybridized carbons (Fsp3) is 0.588. The highest BCUT2D eigenvalue weighted by Crippen LogP contribution is 2.38. The first-order chi connectivity index (χ1) is 9.61. The largest absolute Gasteiger partial charge is 0.497 e. The van der Waals surface area contributed by atoms with Gasteiger partial charge >= 0.3 is 0 Å². The maximum absolute atomic E-state index is 12.9. The molecule has 20 heavy (non-hydrogen) atoms. The number of ether oxygens (including phenoxy) is 2. The van der Waals surface area contributed by atoms with Crippen LogP contribution < -0.4 is 4.74 Å². The molecule has 0 aromatic heterocycles. The molecule has 0 amide bonds. The molecule has 2 atom stereocenters. The van der Waals surface area contributed by atoms with Crippen LogP contribution in [0.15, 0.2) is 24.3 Å². The number of hydrogen-bond donors (Lipinski definition) is 0. The van der Waals surface area contributed by atoms with Gasteiger partial charge in [0.1, 0.15) is 11.4 Å². The lowest BCUT2D eigenvalue weighted by Gasteiger charge is -2.38. The van der Waals surface area contributed by atoms with Crippen LogP contribution in [0.25, 0.3) is 0 Å². The number of Topliss-reactive ketones (excluding diaryl/α,β-unsaturated/α-hetero) is 1. The van der Waals surface area contributed by atoms with Crippen LogP contribution in [-0.2, 0) is 4.74 Å². The molecule has 1 saturated carbocycles. The van der Waals surface area contributed by atoms with E-state index in [-0.39, 0.29) is 5.78 Å². The topological polar surface area (TPSA) is 35.5 Å². The number of carbonyl (C=O) groups is 1. The van der Waals surface area contributed by atoms with Crippen molar-refractivity contribution in [1.82, 2.24) is 0 Å². The number of benzene rings is 1. The standard InChI is InChI=1S/C17H24O3/c1-4-20-17(10-6-7-13(2)12-17)16(18)14-8-5-9-15(11-14)19-3/h5,8-9,11,13H,4,6-7,10,12H2,1-3H3. The maximum atomic E-state index is 12.9. The van der Waals surface area contributed by atoms with Gasteiger partial charge in [-0.1, -0.05) is 25.5 Å². The summed E-state index contributed by atoms with van der Waals surface area (Å²) in [6, 6.07) is 7.37. The van der Waals surface area contributed by atoms with Crippen LogP contribution in [0.2, 0.25) is 0 Å². The molecule has 2 unspecified atom stereocenters. The second-order valence-corrected chi connectivity index (χ2v) is 5.69. The summed E-state index contributed by atoms with van der Waals surface area (Å²) in [5.74, 6) is 1.35. The molecule has 110 valence electrons. The van der Waals surface area contributed by atoms with Crippen molar-refractivity contribution in [2.45, 2.75) is 45.1 Å². The van der Waals surface area contributed by atoms with Gasteiger partial charge in [-0.05, 0) is 44.2 Å². The molecule has 3 heteroatoms. The van der Waals surface area contributed by atoms with Crippen LogP contribution >= 0.6 is 0 Å². The summed E-state index contributed by atoms with van der Waals surface area (Å²) in [6.45, 7) is 4.73. The smallest absolute Gasteiger partial charge is 0.194 e. The van der Waals surface area contributed by atoms with Crippen molar-refractivity contribution in [1.29, 1.82) is 0 Å². The molecule has 1 aromatic rings. The molecule has 0 N–H and O–H groups in total. The molecule has 1 fully saturated rings. The third kappa shape index (κ3) is 3.04. The summed E-state index contributed by atoms with van der Waals surface area (Å²) in [6.07, 6.45) is 3.87. The average molecular weight is 276 g/mol. The second kappa shape index (κ2) is 6.40. The lowest BCUT2D eigenvalue weighted by molar-refractivity contribution is -0.0511. The minimum atomic E-state index is -0.640. The van der Waals surface area contributed by atoms with Gasteiger partial charge in [0.15, 0.2) is 5.78 Å². The zero-order valence-corrected chi connectivity index (χ0v) is 12.6. The number of ketones is 1. The average Bonchev–Trinajstić information content (AvgIpc) is 2.47. The van der Waals surface area contributed by atoms with Crippen LogP contribution in [0.3, 0.4) is 0 Å². The van der Waals surface area contributed by atoms with Crippen LogP contribution in [0.4, 0.5) is 0 Å². The SMILES string of the molecule is CCOC1(C(=O)c2cccc(OC)c2)CCCC(C)C1. The normalized spacial score (nSPS) is 26.2. The predicted molar refractivity (Wildman–Crippen MR) is 79.3 cm³/mol. The molecule has 1 aliphatic carbocycles. The van der Waals surface area contributed by atoms with Crippen LogP contribution in [0.5, 0.6) is 5.75 Å². The second-order valence-electron chi connectivity index (χ2n) is 5.69. The van der Waals surface area contributed by atoms with E-state index in [2.05, 4.69) is 6.92 Å². The van der Waals surface area contributed by atoms with Crippen molar-refractivity contribution in [3.8, 4) is 5.75 Å². The number of hydrogen-bond acceptors (Lipinski definition) is 3. The molecule has 0 radical (unpaired) electrons. The predicted octanol–water partition coefficient (Wildman–Crippen LogP) is 3.86. The van der Waals surface area contributed by atoms with Gasteiger partial charge in [-0.2, -0.15) is 0 Å². The zero-order valence-electron chi connectivity index (χ0n) is 12.6. The van der Waals surface area contributed by atoms with Gasteiger partial charge < -0.3 is 9.47 Å². The van der Waals surface area contributed by atoms with E-state index in [1.54, 1.807) is 7.11 Å². The molecule has 0 saturated heterocycles. The van der Waals surface area contributed by atoms with Crippen LogP contribution in [-0.4, -0.2) is 25.1 Å². The maximum Gasteiger partial charge on any atom is 0.194 e. The van der Waals surface area contributed by atoms with Gasteiger partial charge in [0.05, 0.1) is 7.11 Å². The third-order valence-corrected chi connectivity index (χ3v) is 4.12. The van der Waals surface area contributed by atoms with Gasteiger partial charge in [-0.25, -0.2) is 0 Å². The lowest BCUT2D eigenvalue weighted by Crippen LogP contribution is -2.45. The Morgan fingerprint density at radius 3 is 2.90 bits per heavy atom. The molecule has 0 heterocycles. The van der Waals surface area contributed by atoms with Crippen LogP contribution in [0, 0.1) is 5.92 Å². The van der Waals surface area contributed by atoms with E-state index in [0.717, 1.165) is 19.3 Å². The van der Waals surface area contributed by atoms with Crippen molar-refractivity contribution in [2.24, 2.45) is 5.92 Å². The van der Waals surface area contributed by atoms with Crippen LogP contribution in [0.1, 0.15) is 49.9 Å². The molecular formula is C17H24O3. The van der Waals surface area contributed by atoms with Gasteiger partial charge in [0.25, 0.3) is 0 Å². The van der Waals surface area contributed by atoms with E-state index in [1.165, 1.54) is 6.42 Å². The Bertz CT molecular complexity index is 465. The summed E-state index contributed by atoms with van der Waals surface area (Å²) in [4.78, 5) is 12.9. The molecule has 2 rings (SSSR count). The molecule has 0 aliphatic heterocycles. The summed E-state index contributed by atoms with van der Waals surface area (Å²) >= 11 is 0. The van der Waals surface area contributed by atoms with Crippen molar-refractivity contribution in [3.63, 3.8) is 0 Å². The first-order valence-electron chi connectivity index (χ1n) is 7.44. The Balaban J connectivity index is 2.30. The molecule has 3 nitrogen and oxygen atoms in total. The molecular weight excluding hydrogens is 252 g/mol. The minimum Gasteiger partial charge on any atom is -0.497 e. The lowest BCUT2D eigenvalue weighted by atomic mass is 9.75. The van der Waals surface area contributed by atoms with E-state index >= 15 is 0 Å². The quantitative estimate of drug-likeness (QED) is 0.766. The van der Waals surface area contributed by atoms with Gasteiger partial charge in [0, 0.05) is 12.2 Å². The summed E-state index contributed by atoms with van der Waals surface area (Å²) < 4.78 is 11.2. The minimum absolute atomic E-state index is 0.102. The number of carbonyl (C=O) groups excluding carboxylic acids is 1. The third-order valence-electron chi connectivity index (χ3n) is 4.12. The first-order valence-corrected chi connectivity index (χ1v) is 7.44. The van der Waals surface area contributed by atoms with E-state index in [4.69, 9.17) is 9.47 Å². The Hall–Kier alpha value is -1.35. The van der Waals surface area contributed by atoms with Crippen molar-refractivity contribution < 1.29 is 14.3 Å². The molecule has 0 spiro atoms. The number of methoxy groups -OCH3 is 1. The zero-order chi connectivity index (χ0) is 14.6. The fourth-order valence-electron chi connectivity index (χ4n) is 3.21. The van der Waals surface area contributed by atoms with Gasteiger partial charge in [0.2, 0.25) is 0 Å². The summed E-state index contributed by atoms with van der Waals surface area (Å²) in [5, 5.41) is 0. The monoisotopic (exact) mass is 276 g/mol. The summed E-state index contributed by atoms with van der Waals surface area (Å²) in [5.41, 5.74) is 0.0468. The van der Waals surface area contributed by atoms with E-state index < -0.39 is 5.60 Å². The van der Waals surface area contributed by atoms with Gasteiger partial charge in [-0.3, -0.25) is 4.79 Å². The van der Waals surface area contributed by atoms with Gasteiger partial charge in [-0.15, -0.1) is 0 Å². The Morgan fingerprint density at radius 2 is 2.25 bits per heavy atom. The number of rotatable bonds is 5. The van der Waals surface area contributed by atoms with E-state index in [0.29, 0.717) is 23.8 Å². The first kappa shape index (κ1) is 15.0. The van der Waals surface area contributed by atoms with E-state index in [1.807, 2.05) is 31.2 Å². The molecule has 0 bridgehead atoms. The Labute approximate surface area is 121 Å². The van der Waals surface area contributed by atoms with Crippen molar-refractivity contribution in [2.75, 3.05) is 13.7 Å². The fourth-order valence-corrected chi connectivity index (χ4v) is 3.21. The van der Waals surface area contributed by atoms with Crippen molar-refractivity contribution in [3.05, 3.63) is 29.8 Å². The molecule has 1 aromatic carbocycles. The molecule has 1 aliphatic rings. The highest BCUT2D eigenvalue weighted by atomic mass is 16.5. The Kier molecular flexibility index (Phi) is 4.81. The summed E-state index contributed by atoms with van der Waals surface area (Å²) in [7, 11) is 1.62. The highest BCUT2D eigenvalue weighted by Gasteiger charge is 2.42. The Morgan fingerprint density at radius 1 is 1.45 bits per heavy atom. The van der Waals surface area contributed by atoms with E-state index in [9.17, 15) is 4.79 Å². The van der Waals surface area contributed by atoms with Crippen molar-refractivity contribution >= 4 is 5.78 Å².